The SMILES string of the molecule is O=C(NCCc1ccccn1)c1cc(-n2cccc2)ccc1Cl. The molecule has 2 aromatic heterocycles. The molecular weight excluding hydrogens is 310 g/mol. The van der Waals surface area contributed by atoms with E-state index in [1.54, 1.807) is 18.3 Å². The van der Waals surface area contributed by atoms with Crippen molar-refractivity contribution in [3.8, 4) is 5.69 Å². The molecule has 0 saturated carbocycles. The Labute approximate surface area is 139 Å². The van der Waals surface area contributed by atoms with Gasteiger partial charge in [-0.15, -0.1) is 0 Å². The second-order valence-corrected chi connectivity index (χ2v) is 5.49. The van der Waals surface area contributed by atoms with E-state index in [-0.39, 0.29) is 5.91 Å². The number of hydrogen-bond acceptors (Lipinski definition) is 2. The van der Waals surface area contributed by atoms with Crippen LogP contribution in [0.3, 0.4) is 0 Å². The summed E-state index contributed by atoms with van der Waals surface area (Å²) < 4.78 is 1.93. The van der Waals surface area contributed by atoms with Crippen LogP contribution in [0.5, 0.6) is 0 Å². The third kappa shape index (κ3) is 3.79. The molecule has 0 saturated heterocycles. The second kappa shape index (κ2) is 7.11. The molecule has 3 aromatic rings. The number of nitrogens with zero attached hydrogens (tertiary/aromatic N) is 2. The average molecular weight is 326 g/mol. The molecule has 0 spiro atoms. The van der Waals surface area contributed by atoms with Crippen molar-refractivity contribution in [2.45, 2.75) is 6.42 Å². The van der Waals surface area contributed by atoms with Gasteiger partial charge in [-0.3, -0.25) is 9.78 Å². The second-order valence-electron chi connectivity index (χ2n) is 5.08. The zero-order valence-electron chi connectivity index (χ0n) is 12.4. The lowest BCUT2D eigenvalue weighted by Gasteiger charge is -2.09. The summed E-state index contributed by atoms with van der Waals surface area (Å²) in [5.74, 6) is -0.181. The summed E-state index contributed by atoms with van der Waals surface area (Å²) in [6, 6.07) is 15.0. The molecule has 0 atom stereocenters. The predicted molar refractivity (Wildman–Crippen MR) is 91.1 cm³/mol. The van der Waals surface area contributed by atoms with Crippen LogP contribution >= 0.6 is 11.6 Å². The molecule has 1 aromatic carbocycles. The molecule has 5 heteroatoms. The van der Waals surface area contributed by atoms with Gasteiger partial charge in [0.1, 0.15) is 0 Å². The smallest absolute Gasteiger partial charge is 0.252 e. The first-order chi connectivity index (χ1) is 11.2. The monoisotopic (exact) mass is 325 g/mol. The Bertz CT molecular complexity index is 785. The molecule has 23 heavy (non-hydrogen) atoms. The minimum atomic E-state index is -0.181. The van der Waals surface area contributed by atoms with Crippen molar-refractivity contribution in [3.63, 3.8) is 0 Å². The Morgan fingerprint density at radius 1 is 1.13 bits per heavy atom. The third-order valence-corrected chi connectivity index (χ3v) is 3.82. The molecule has 1 N–H and O–H groups in total. The molecule has 2 heterocycles. The van der Waals surface area contributed by atoms with Crippen LogP contribution in [-0.2, 0) is 6.42 Å². The summed E-state index contributed by atoms with van der Waals surface area (Å²) in [7, 11) is 0. The van der Waals surface area contributed by atoms with E-state index < -0.39 is 0 Å². The van der Waals surface area contributed by atoms with E-state index in [1.165, 1.54) is 0 Å². The summed E-state index contributed by atoms with van der Waals surface area (Å²) in [5.41, 5.74) is 2.31. The highest BCUT2D eigenvalue weighted by molar-refractivity contribution is 6.33. The topological polar surface area (TPSA) is 46.9 Å². The van der Waals surface area contributed by atoms with Crippen molar-refractivity contribution < 1.29 is 4.79 Å². The van der Waals surface area contributed by atoms with Gasteiger partial charge in [-0.05, 0) is 42.5 Å². The van der Waals surface area contributed by atoms with E-state index in [4.69, 9.17) is 11.6 Å². The molecule has 116 valence electrons. The number of nitrogens with one attached hydrogen (secondary N) is 1. The summed E-state index contributed by atoms with van der Waals surface area (Å²) >= 11 is 6.17. The van der Waals surface area contributed by atoms with Crippen LogP contribution in [0.15, 0.2) is 67.1 Å². The Balaban J connectivity index is 1.68. The molecule has 0 aliphatic heterocycles. The first-order valence-electron chi connectivity index (χ1n) is 7.35. The van der Waals surface area contributed by atoms with Gasteiger partial charge in [-0.25, -0.2) is 0 Å². The van der Waals surface area contributed by atoms with E-state index in [2.05, 4.69) is 10.3 Å². The van der Waals surface area contributed by atoms with E-state index in [9.17, 15) is 4.79 Å². The minimum Gasteiger partial charge on any atom is -0.352 e. The van der Waals surface area contributed by atoms with Crippen LogP contribution < -0.4 is 5.32 Å². The number of carbonyl (C=O) groups excluding carboxylic acids is 1. The Morgan fingerprint density at radius 3 is 2.70 bits per heavy atom. The Hall–Kier alpha value is -2.59. The normalized spacial score (nSPS) is 10.5. The number of aromatic nitrogens is 2. The number of benzene rings is 1. The number of amides is 1. The maximum absolute atomic E-state index is 12.4. The predicted octanol–water partition coefficient (Wildman–Crippen LogP) is 3.50. The number of pyridine rings is 1. The van der Waals surface area contributed by atoms with Gasteiger partial charge in [0.25, 0.3) is 5.91 Å². The number of hydrogen-bond donors (Lipinski definition) is 1. The van der Waals surface area contributed by atoms with Gasteiger partial charge in [0.05, 0.1) is 10.6 Å². The first kappa shape index (κ1) is 15.3. The molecule has 3 rings (SSSR count). The van der Waals surface area contributed by atoms with Crippen LogP contribution in [0.25, 0.3) is 5.69 Å². The summed E-state index contributed by atoms with van der Waals surface area (Å²) in [4.78, 5) is 16.6. The lowest BCUT2D eigenvalue weighted by atomic mass is 10.1. The molecule has 4 nitrogen and oxygen atoms in total. The fourth-order valence-corrected chi connectivity index (χ4v) is 2.50. The lowest BCUT2D eigenvalue weighted by Crippen LogP contribution is -2.26. The maximum Gasteiger partial charge on any atom is 0.252 e. The Morgan fingerprint density at radius 2 is 1.96 bits per heavy atom. The maximum atomic E-state index is 12.4. The average Bonchev–Trinajstić information content (AvgIpc) is 3.10. The largest absolute Gasteiger partial charge is 0.352 e. The fraction of sp³-hybridized carbons (Fsp3) is 0.111. The fourth-order valence-electron chi connectivity index (χ4n) is 2.30. The van der Waals surface area contributed by atoms with Crippen molar-refractivity contribution in [2.75, 3.05) is 6.54 Å². The molecule has 0 radical (unpaired) electrons. The zero-order chi connectivity index (χ0) is 16.1. The van der Waals surface area contributed by atoms with E-state index in [0.717, 1.165) is 11.4 Å². The molecular formula is C18H16ClN3O. The lowest BCUT2D eigenvalue weighted by molar-refractivity contribution is 0.0954. The van der Waals surface area contributed by atoms with Gasteiger partial charge in [0, 0.05) is 42.9 Å². The van der Waals surface area contributed by atoms with Crippen molar-refractivity contribution in [2.24, 2.45) is 0 Å². The van der Waals surface area contributed by atoms with Gasteiger partial charge < -0.3 is 9.88 Å². The van der Waals surface area contributed by atoms with Crippen molar-refractivity contribution in [1.29, 1.82) is 0 Å². The van der Waals surface area contributed by atoms with Crippen LogP contribution in [0.4, 0.5) is 0 Å². The molecule has 0 fully saturated rings. The summed E-state index contributed by atoms with van der Waals surface area (Å²) in [6.07, 6.45) is 6.27. The van der Waals surface area contributed by atoms with Crippen molar-refractivity contribution in [3.05, 3.63) is 83.4 Å². The number of carbonyl (C=O) groups is 1. The van der Waals surface area contributed by atoms with E-state index in [0.29, 0.717) is 23.6 Å². The highest BCUT2D eigenvalue weighted by Gasteiger charge is 2.11. The minimum absolute atomic E-state index is 0.181. The van der Waals surface area contributed by atoms with Gasteiger partial charge in [0.15, 0.2) is 0 Å². The molecule has 0 bridgehead atoms. The van der Waals surface area contributed by atoms with Crippen LogP contribution in [-0.4, -0.2) is 22.0 Å². The summed E-state index contributed by atoms with van der Waals surface area (Å²) in [5, 5.41) is 3.33. The van der Waals surface area contributed by atoms with Crippen LogP contribution in [0.2, 0.25) is 5.02 Å². The zero-order valence-corrected chi connectivity index (χ0v) is 13.2. The molecule has 1 amide bonds. The highest BCUT2D eigenvalue weighted by atomic mass is 35.5. The van der Waals surface area contributed by atoms with Crippen LogP contribution in [0.1, 0.15) is 16.1 Å². The first-order valence-corrected chi connectivity index (χ1v) is 7.73. The molecule has 0 aliphatic rings. The Kier molecular flexibility index (Phi) is 4.74. The van der Waals surface area contributed by atoms with Crippen LogP contribution in [0, 0.1) is 0 Å². The van der Waals surface area contributed by atoms with Gasteiger partial charge in [-0.1, -0.05) is 17.7 Å². The van der Waals surface area contributed by atoms with Gasteiger partial charge in [-0.2, -0.15) is 0 Å². The number of rotatable bonds is 5. The van der Waals surface area contributed by atoms with Crippen molar-refractivity contribution in [1.82, 2.24) is 14.9 Å². The molecule has 0 aliphatic carbocycles. The highest BCUT2D eigenvalue weighted by Crippen LogP contribution is 2.20. The van der Waals surface area contributed by atoms with Crippen molar-refractivity contribution >= 4 is 17.5 Å². The quantitative estimate of drug-likeness (QED) is 0.780. The van der Waals surface area contributed by atoms with Gasteiger partial charge >= 0.3 is 0 Å². The van der Waals surface area contributed by atoms with E-state index in [1.807, 2.05) is 53.4 Å². The third-order valence-electron chi connectivity index (χ3n) is 3.49. The van der Waals surface area contributed by atoms with E-state index >= 15 is 0 Å². The molecule has 0 unspecified atom stereocenters. The number of halogens is 1. The summed E-state index contributed by atoms with van der Waals surface area (Å²) in [6.45, 7) is 0.514. The standard InChI is InChI=1S/C18H16ClN3O/c19-17-7-6-15(22-11-3-4-12-22)13-16(17)18(23)21-10-8-14-5-1-2-9-20-14/h1-7,9,11-13H,8,10H2,(H,21,23). The van der Waals surface area contributed by atoms with Gasteiger partial charge in [0.2, 0.25) is 0 Å².